The molecule has 0 heterocycles. The highest BCUT2D eigenvalue weighted by atomic mass is 32.2. The first-order valence-corrected chi connectivity index (χ1v) is 8.05. The van der Waals surface area contributed by atoms with Gasteiger partial charge in [-0.2, -0.15) is 0 Å². The molecule has 0 spiro atoms. The Balaban J connectivity index is 2.35. The van der Waals surface area contributed by atoms with Crippen LogP contribution in [0.2, 0.25) is 0 Å². The lowest BCUT2D eigenvalue weighted by Gasteiger charge is -2.10. The highest BCUT2D eigenvalue weighted by Gasteiger charge is 2.02. The fourth-order valence-corrected chi connectivity index (χ4v) is 2.81. The first-order chi connectivity index (χ1) is 8.61. The van der Waals surface area contributed by atoms with Crippen molar-refractivity contribution in [2.45, 2.75) is 58.0 Å². The van der Waals surface area contributed by atoms with Crippen molar-refractivity contribution in [2.24, 2.45) is 5.92 Å². The van der Waals surface area contributed by atoms with Crippen molar-refractivity contribution in [1.29, 1.82) is 0 Å². The summed E-state index contributed by atoms with van der Waals surface area (Å²) in [6.07, 6.45) is 2.63. The van der Waals surface area contributed by atoms with Gasteiger partial charge in [0.2, 0.25) is 0 Å². The number of hydrogen-bond donors (Lipinski definition) is 1. The zero-order valence-electron chi connectivity index (χ0n) is 12.2. The van der Waals surface area contributed by atoms with Crippen LogP contribution in [0.3, 0.4) is 0 Å². The summed E-state index contributed by atoms with van der Waals surface area (Å²) in [7, 11) is 0. The molecule has 1 N–H and O–H groups in total. The first kappa shape index (κ1) is 15.6. The summed E-state index contributed by atoms with van der Waals surface area (Å²) in [5.41, 5.74) is 1.37. The molecule has 0 saturated carbocycles. The van der Waals surface area contributed by atoms with E-state index in [0.29, 0.717) is 6.04 Å². The first-order valence-electron chi connectivity index (χ1n) is 7.07. The van der Waals surface area contributed by atoms with Crippen LogP contribution < -0.4 is 5.32 Å². The van der Waals surface area contributed by atoms with E-state index in [1.807, 2.05) is 11.8 Å². The van der Waals surface area contributed by atoms with Crippen LogP contribution in [0.25, 0.3) is 0 Å². The molecule has 1 nitrogen and oxygen atoms in total. The molecule has 1 rings (SSSR count). The average Bonchev–Trinajstić information content (AvgIpc) is 2.35. The van der Waals surface area contributed by atoms with Crippen molar-refractivity contribution < 1.29 is 0 Å². The number of benzene rings is 1. The van der Waals surface area contributed by atoms with Gasteiger partial charge in [-0.3, -0.25) is 0 Å². The van der Waals surface area contributed by atoms with Gasteiger partial charge in [0.25, 0.3) is 0 Å². The summed E-state index contributed by atoms with van der Waals surface area (Å²) < 4.78 is 0. The predicted octanol–water partition coefficient (Wildman–Crippen LogP) is 4.71. The smallest absolute Gasteiger partial charge is 0.0207 e. The molecule has 0 radical (unpaired) electrons. The minimum Gasteiger partial charge on any atom is -0.310 e. The average molecular weight is 265 g/mol. The number of hydrogen-bond acceptors (Lipinski definition) is 2. The second-order valence-electron chi connectivity index (χ2n) is 5.38. The molecule has 1 atom stereocenters. The van der Waals surface area contributed by atoms with Crippen LogP contribution >= 0.6 is 11.8 Å². The fourth-order valence-electron chi connectivity index (χ4n) is 1.84. The van der Waals surface area contributed by atoms with Crippen molar-refractivity contribution in [3.63, 3.8) is 0 Å². The van der Waals surface area contributed by atoms with Crippen LogP contribution in [0, 0.1) is 5.92 Å². The van der Waals surface area contributed by atoms with Crippen LogP contribution in [-0.2, 0) is 6.54 Å². The molecule has 0 aliphatic carbocycles. The van der Waals surface area contributed by atoms with Crippen LogP contribution in [0.15, 0.2) is 29.2 Å². The van der Waals surface area contributed by atoms with E-state index in [2.05, 4.69) is 57.3 Å². The highest BCUT2D eigenvalue weighted by molar-refractivity contribution is 7.99. The Morgan fingerprint density at radius 3 is 2.33 bits per heavy atom. The minimum atomic E-state index is 0.550. The predicted molar refractivity (Wildman–Crippen MR) is 83.2 cm³/mol. The second kappa shape index (κ2) is 8.60. The molecule has 18 heavy (non-hydrogen) atoms. The van der Waals surface area contributed by atoms with Crippen molar-refractivity contribution in [1.82, 2.24) is 5.32 Å². The maximum absolute atomic E-state index is 3.44. The molecule has 0 bridgehead atoms. The standard InChI is InChI=1S/C16H27NS/c1-5-6-14(4)12-18-16-9-7-15(8-10-16)11-17-13(2)3/h7-10,13-14,17H,5-6,11-12H2,1-4H3. The Bertz CT molecular complexity index is 318. The van der Waals surface area contributed by atoms with Crippen molar-refractivity contribution in [3.8, 4) is 0 Å². The van der Waals surface area contributed by atoms with Gasteiger partial charge in [-0.1, -0.05) is 52.7 Å². The van der Waals surface area contributed by atoms with Gasteiger partial charge in [0.15, 0.2) is 0 Å². The molecule has 0 aliphatic heterocycles. The van der Waals surface area contributed by atoms with Gasteiger partial charge in [0.05, 0.1) is 0 Å². The molecular formula is C16H27NS. The lowest BCUT2D eigenvalue weighted by Crippen LogP contribution is -2.21. The van der Waals surface area contributed by atoms with Gasteiger partial charge >= 0.3 is 0 Å². The highest BCUT2D eigenvalue weighted by Crippen LogP contribution is 2.22. The molecular weight excluding hydrogens is 238 g/mol. The van der Waals surface area contributed by atoms with Crippen LogP contribution in [0.5, 0.6) is 0 Å². The monoisotopic (exact) mass is 265 g/mol. The topological polar surface area (TPSA) is 12.0 Å². The van der Waals surface area contributed by atoms with Gasteiger partial charge in [-0.15, -0.1) is 11.8 Å². The van der Waals surface area contributed by atoms with Crippen LogP contribution in [0.1, 0.15) is 46.1 Å². The van der Waals surface area contributed by atoms with E-state index in [0.717, 1.165) is 12.5 Å². The summed E-state index contributed by atoms with van der Waals surface area (Å²) in [6, 6.07) is 9.53. The van der Waals surface area contributed by atoms with E-state index < -0.39 is 0 Å². The van der Waals surface area contributed by atoms with Crippen molar-refractivity contribution >= 4 is 11.8 Å². The molecule has 1 aromatic carbocycles. The van der Waals surface area contributed by atoms with Crippen LogP contribution in [-0.4, -0.2) is 11.8 Å². The summed E-state index contributed by atoms with van der Waals surface area (Å²) >= 11 is 1.98. The number of nitrogens with one attached hydrogen (secondary N) is 1. The van der Waals surface area contributed by atoms with Crippen LogP contribution in [0.4, 0.5) is 0 Å². The van der Waals surface area contributed by atoms with Gasteiger partial charge in [-0.05, 0) is 23.6 Å². The Kier molecular flexibility index (Phi) is 7.45. The molecule has 0 amide bonds. The fraction of sp³-hybridized carbons (Fsp3) is 0.625. The van der Waals surface area contributed by atoms with E-state index in [-0.39, 0.29) is 0 Å². The van der Waals surface area contributed by atoms with Crippen molar-refractivity contribution in [2.75, 3.05) is 5.75 Å². The molecule has 0 saturated heterocycles. The SMILES string of the molecule is CCCC(C)CSc1ccc(CNC(C)C)cc1. The third-order valence-corrected chi connectivity index (χ3v) is 4.29. The maximum Gasteiger partial charge on any atom is 0.0207 e. The van der Waals surface area contributed by atoms with E-state index in [1.54, 1.807) is 0 Å². The molecule has 1 aromatic rings. The Hall–Kier alpha value is -0.470. The maximum atomic E-state index is 3.44. The molecule has 1 unspecified atom stereocenters. The molecule has 0 aromatic heterocycles. The van der Waals surface area contributed by atoms with E-state index in [4.69, 9.17) is 0 Å². The Morgan fingerprint density at radius 1 is 1.11 bits per heavy atom. The lowest BCUT2D eigenvalue weighted by molar-refractivity contribution is 0.585. The third-order valence-electron chi connectivity index (χ3n) is 2.95. The van der Waals surface area contributed by atoms with Gasteiger partial charge in [0.1, 0.15) is 0 Å². The summed E-state index contributed by atoms with van der Waals surface area (Å²) in [5, 5.41) is 3.44. The largest absolute Gasteiger partial charge is 0.310 e. The molecule has 2 heteroatoms. The normalized spacial score (nSPS) is 12.9. The van der Waals surface area contributed by atoms with Crippen molar-refractivity contribution in [3.05, 3.63) is 29.8 Å². The van der Waals surface area contributed by atoms with Gasteiger partial charge in [-0.25, -0.2) is 0 Å². The lowest BCUT2D eigenvalue weighted by atomic mass is 10.1. The molecule has 0 aliphatic rings. The minimum absolute atomic E-state index is 0.550. The quantitative estimate of drug-likeness (QED) is 0.683. The van der Waals surface area contributed by atoms with Gasteiger partial charge < -0.3 is 5.32 Å². The molecule has 0 fully saturated rings. The zero-order chi connectivity index (χ0) is 13.4. The summed E-state index contributed by atoms with van der Waals surface area (Å²) in [4.78, 5) is 1.39. The number of thioether (sulfide) groups is 1. The Labute approximate surface area is 117 Å². The summed E-state index contributed by atoms with van der Waals surface area (Å²) in [6.45, 7) is 9.93. The van der Waals surface area contributed by atoms with E-state index in [9.17, 15) is 0 Å². The molecule has 102 valence electrons. The van der Waals surface area contributed by atoms with E-state index in [1.165, 1.54) is 29.1 Å². The zero-order valence-corrected chi connectivity index (χ0v) is 13.0. The van der Waals surface area contributed by atoms with E-state index >= 15 is 0 Å². The number of rotatable bonds is 8. The van der Waals surface area contributed by atoms with Gasteiger partial charge in [0, 0.05) is 23.2 Å². The second-order valence-corrected chi connectivity index (χ2v) is 6.48. The summed E-state index contributed by atoms with van der Waals surface area (Å²) in [5.74, 6) is 2.06. The third kappa shape index (κ3) is 6.46. The Morgan fingerprint density at radius 2 is 1.78 bits per heavy atom.